The SMILES string of the molecule is Cc1cn[nH]c1C[C@H]1CCCN(C(=O)CCc2cccnc2)C1. The number of carbonyl (C=O) groups is 1. The Balaban J connectivity index is 1.51. The van der Waals surface area contributed by atoms with Crippen LogP contribution in [0.15, 0.2) is 30.7 Å². The van der Waals surface area contributed by atoms with E-state index in [-0.39, 0.29) is 5.91 Å². The molecular weight excluding hydrogens is 288 g/mol. The Labute approximate surface area is 137 Å². The second-order valence-electron chi connectivity index (χ2n) is 6.44. The van der Waals surface area contributed by atoms with Crippen LogP contribution in [0.5, 0.6) is 0 Å². The Morgan fingerprint density at radius 3 is 3.09 bits per heavy atom. The number of nitrogens with one attached hydrogen (secondary N) is 1. The zero-order valence-corrected chi connectivity index (χ0v) is 13.7. The molecular formula is C18H24N4O. The van der Waals surface area contributed by atoms with E-state index in [0.29, 0.717) is 12.3 Å². The fraction of sp³-hybridized carbons (Fsp3) is 0.500. The van der Waals surface area contributed by atoms with Gasteiger partial charge in [0.25, 0.3) is 0 Å². The fourth-order valence-electron chi connectivity index (χ4n) is 3.28. The Morgan fingerprint density at radius 2 is 2.35 bits per heavy atom. The Kier molecular flexibility index (Phi) is 5.05. The van der Waals surface area contributed by atoms with E-state index in [4.69, 9.17) is 0 Å². The molecule has 0 aromatic carbocycles. The third-order valence-corrected chi connectivity index (χ3v) is 4.65. The summed E-state index contributed by atoms with van der Waals surface area (Å²) in [6, 6.07) is 3.95. The molecule has 3 rings (SSSR count). The maximum absolute atomic E-state index is 12.5. The van der Waals surface area contributed by atoms with Gasteiger partial charge in [-0.25, -0.2) is 0 Å². The summed E-state index contributed by atoms with van der Waals surface area (Å²) in [6.45, 7) is 3.84. The summed E-state index contributed by atoms with van der Waals surface area (Å²) in [7, 11) is 0. The van der Waals surface area contributed by atoms with Gasteiger partial charge in [0.2, 0.25) is 5.91 Å². The summed E-state index contributed by atoms with van der Waals surface area (Å²) < 4.78 is 0. The molecule has 0 saturated carbocycles. The maximum atomic E-state index is 12.5. The number of rotatable bonds is 5. The Hall–Kier alpha value is -2.17. The molecule has 2 aromatic rings. The van der Waals surface area contributed by atoms with Gasteiger partial charge in [-0.1, -0.05) is 6.07 Å². The van der Waals surface area contributed by atoms with Crippen LogP contribution >= 0.6 is 0 Å². The third kappa shape index (κ3) is 4.18. The number of H-pyrrole nitrogens is 1. The van der Waals surface area contributed by atoms with Crippen LogP contribution in [0.3, 0.4) is 0 Å². The van der Waals surface area contributed by atoms with Crippen LogP contribution in [0, 0.1) is 12.8 Å². The molecule has 2 aromatic heterocycles. The smallest absolute Gasteiger partial charge is 0.222 e. The van der Waals surface area contributed by atoms with E-state index in [1.54, 1.807) is 6.20 Å². The molecule has 5 nitrogen and oxygen atoms in total. The number of hydrogen-bond donors (Lipinski definition) is 1. The molecule has 1 N–H and O–H groups in total. The highest BCUT2D eigenvalue weighted by Gasteiger charge is 2.24. The zero-order chi connectivity index (χ0) is 16.1. The molecule has 1 atom stereocenters. The third-order valence-electron chi connectivity index (χ3n) is 4.65. The highest BCUT2D eigenvalue weighted by Crippen LogP contribution is 2.22. The molecule has 1 aliphatic heterocycles. The van der Waals surface area contributed by atoms with Crippen molar-refractivity contribution in [3.8, 4) is 0 Å². The lowest BCUT2D eigenvalue weighted by molar-refractivity contribution is -0.133. The fourth-order valence-corrected chi connectivity index (χ4v) is 3.28. The van der Waals surface area contributed by atoms with Crippen molar-refractivity contribution in [3.05, 3.63) is 47.5 Å². The van der Waals surface area contributed by atoms with Crippen LogP contribution in [-0.4, -0.2) is 39.1 Å². The van der Waals surface area contributed by atoms with Crippen LogP contribution in [0.4, 0.5) is 0 Å². The van der Waals surface area contributed by atoms with Gasteiger partial charge in [-0.05, 0) is 55.7 Å². The van der Waals surface area contributed by atoms with Crippen molar-refractivity contribution in [3.63, 3.8) is 0 Å². The number of piperidine rings is 1. The average molecular weight is 312 g/mol. The molecule has 1 aliphatic rings. The summed E-state index contributed by atoms with van der Waals surface area (Å²) in [5.41, 5.74) is 3.55. The van der Waals surface area contributed by atoms with Crippen molar-refractivity contribution in [2.75, 3.05) is 13.1 Å². The molecule has 0 radical (unpaired) electrons. The summed E-state index contributed by atoms with van der Waals surface area (Å²) in [5.74, 6) is 0.796. The number of hydrogen-bond acceptors (Lipinski definition) is 3. The van der Waals surface area contributed by atoms with Gasteiger partial charge < -0.3 is 4.90 Å². The van der Waals surface area contributed by atoms with Gasteiger partial charge in [-0.2, -0.15) is 5.10 Å². The van der Waals surface area contributed by atoms with Crippen molar-refractivity contribution in [1.29, 1.82) is 0 Å². The molecule has 0 aliphatic carbocycles. The van der Waals surface area contributed by atoms with E-state index in [0.717, 1.165) is 37.9 Å². The van der Waals surface area contributed by atoms with E-state index < -0.39 is 0 Å². The molecule has 0 spiro atoms. The lowest BCUT2D eigenvalue weighted by atomic mass is 9.92. The predicted molar refractivity (Wildman–Crippen MR) is 88.9 cm³/mol. The number of pyridine rings is 1. The highest BCUT2D eigenvalue weighted by atomic mass is 16.2. The van der Waals surface area contributed by atoms with Gasteiger partial charge in [-0.15, -0.1) is 0 Å². The molecule has 122 valence electrons. The second kappa shape index (κ2) is 7.40. The number of carbonyl (C=O) groups excluding carboxylic acids is 1. The van der Waals surface area contributed by atoms with E-state index in [2.05, 4.69) is 22.1 Å². The largest absolute Gasteiger partial charge is 0.342 e. The first kappa shape index (κ1) is 15.7. The number of aromatic amines is 1. The van der Waals surface area contributed by atoms with Crippen molar-refractivity contribution >= 4 is 5.91 Å². The minimum absolute atomic E-state index is 0.264. The van der Waals surface area contributed by atoms with Crippen molar-refractivity contribution in [2.24, 2.45) is 5.92 Å². The Morgan fingerprint density at radius 1 is 1.43 bits per heavy atom. The minimum Gasteiger partial charge on any atom is -0.342 e. The van der Waals surface area contributed by atoms with E-state index in [9.17, 15) is 4.79 Å². The van der Waals surface area contributed by atoms with Crippen molar-refractivity contribution in [2.45, 2.75) is 39.0 Å². The monoisotopic (exact) mass is 312 g/mol. The van der Waals surface area contributed by atoms with Crippen molar-refractivity contribution < 1.29 is 4.79 Å². The van der Waals surface area contributed by atoms with Crippen LogP contribution in [0.2, 0.25) is 0 Å². The number of likely N-dealkylation sites (tertiary alicyclic amines) is 1. The maximum Gasteiger partial charge on any atom is 0.222 e. The molecule has 0 bridgehead atoms. The molecule has 1 amide bonds. The normalized spacial score (nSPS) is 18.1. The lowest BCUT2D eigenvalue weighted by Gasteiger charge is -2.33. The lowest BCUT2D eigenvalue weighted by Crippen LogP contribution is -2.40. The summed E-state index contributed by atoms with van der Waals surface area (Å²) >= 11 is 0. The van der Waals surface area contributed by atoms with E-state index in [1.165, 1.54) is 17.7 Å². The van der Waals surface area contributed by atoms with Crippen molar-refractivity contribution in [1.82, 2.24) is 20.1 Å². The molecule has 23 heavy (non-hydrogen) atoms. The number of aromatic nitrogens is 3. The quantitative estimate of drug-likeness (QED) is 0.923. The van der Waals surface area contributed by atoms with Gasteiger partial charge in [0.05, 0.1) is 6.20 Å². The molecule has 3 heterocycles. The first-order chi connectivity index (χ1) is 11.2. The predicted octanol–water partition coefficient (Wildman–Crippen LogP) is 2.53. The summed E-state index contributed by atoms with van der Waals surface area (Å²) in [6.07, 6.45) is 10.1. The number of nitrogens with zero attached hydrogens (tertiary/aromatic N) is 3. The topological polar surface area (TPSA) is 61.9 Å². The van der Waals surface area contributed by atoms with Gasteiger partial charge in [-0.3, -0.25) is 14.9 Å². The molecule has 1 saturated heterocycles. The van der Waals surface area contributed by atoms with E-state index in [1.807, 2.05) is 29.4 Å². The molecule has 0 unspecified atom stereocenters. The van der Waals surface area contributed by atoms with Crippen LogP contribution in [0.1, 0.15) is 36.1 Å². The number of aryl methyl sites for hydroxylation is 2. The van der Waals surface area contributed by atoms with Crippen LogP contribution in [0.25, 0.3) is 0 Å². The first-order valence-electron chi connectivity index (χ1n) is 8.38. The average Bonchev–Trinajstić information content (AvgIpc) is 2.99. The summed E-state index contributed by atoms with van der Waals surface area (Å²) in [4.78, 5) is 18.6. The standard InChI is InChI=1S/C18H24N4O/c1-14-11-20-21-17(14)10-16-5-3-9-22(13-16)18(23)7-6-15-4-2-8-19-12-15/h2,4,8,11-12,16H,3,5-7,9-10,13H2,1H3,(H,20,21)/t16-/m1/s1. The molecule has 5 heteroatoms. The second-order valence-corrected chi connectivity index (χ2v) is 6.44. The van der Waals surface area contributed by atoms with E-state index >= 15 is 0 Å². The van der Waals surface area contributed by atoms with Crippen LogP contribution in [-0.2, 0) is 17.6 Å². The van der Waals surface area contributed by atoms with Gasteiger partial charge in [0.1, 0.15) is 0 Å². The summed E-state index contributed by atoms with van der Waals surface area (Å²) in [5, 5.41) is 7.18. The van der Waals surface area contributed by atoms with Gasteiger partial charge >= 0.3 is 0 Å². The first-order valence-corrected chi connectivity index (χ1v) is 8.38. The van der Waals surface area contributed by atoms with Gasteiger partial charge in [0, 0.05) is 37.6 Å². The van der Waals surface area contributed by atoms with Crippen LogP contribution < -0.4 is 0 Å². The minimum atomic E-state index is 0.264. The van der Waals surface area contributed by atoms with Gasteiger partial charge in [0.15, 0.2) is 0 Å². The Bertz CT molecular complexity index is 637. The zero-order valence-electron chi connectivity index (χ0n) is 13.7. The number of amides is 1. The highest BCUT2D eigenvalue weighted by molar-refractivity contribution is 5.76. The molecule has 1 fully saturated rings.